The summed E-state index contributed by atoms with van der Waals surface area (Å²) in [7, 11) is 1.80. The lowest BCUT2D eigenvalue weighted by molar-refractivity contribution is -0.0265. The lowest BCUT2D eigenvalue weighted by atomic mass is 9.89. The number of hydrogen-bond donors (Lipinski definition) is 2. The SMILES string of the molecule is CCc1noc(CC)c1CNC(=NC)NCC1CCCOC1c1ccc(C)cc1. The number of benzene rings is 1. The van der Waals surface area contributed by atoms with E-state index < -0.39 is 0 Å². The van der Waals surface area contributed by atoms with Crippen molar-refractivity contribution in [3.05, 3.63) is 52.4 Å². The molecule has 0 spiro atoms. The van der Waals surface area contributed by atoms with Crippen molar-refractivity contribution in [2.45, 2.75) is 59.1 Å². The van der Waals surface area contributed by atoms with Crippen LogP contribution in [0, 0.1) is 12.8 Å². The summed E-state index contributed by atoms with van der Waals surface area (Å²) in [6.45, 7) is 8.62. The minimum Gasteiger partial charge on any atom is -0.373 e. The molecule has 1 aromatic heterocycles. The molecule has 2 heterocycles. The summed E-state index contributed by atoms with van der Waals surface area (Å²) < 4.78 is 11.6. The molecule has 2 N–H and O–H groups in total. The molecule has 1 fully saturated rings. The highest BCUT2D eigenvalue weighted by Gasteiger charge is 2.27. The van der Waals surface area contributed by atoms with Crippen LogP contribution in [0.2, 0.25) is 0 Å². The minimum atomic E-state index is 0.131. The highest BCUT2D eigenvalue weighted by atomic mass is 16.5. The van der Waals surface area contributed by atoms with Crippen LogP contribution in [-0.2, 0) is 24.1 Å². The molecule has 3 rings (SSSR count). The first-order chi connectivity index (χ1) is 14.2. The van der Waals surface area contributed by atoms with Gasteiger partial charge in [0.1, 0.15) is 5.76 Å². The number of aromatic nitrogens is 1. The molecule has 158 valence electrons. The van der Waals surface area contributed by atoms with Crippen LogP contribution in [0.1, 0.15) is 60.9 Å². The topological polar surface area (TPSA) is 71.7 Å². The summed E-state index contributed by atoms with van der Waals surface area (Å²) in [5.41, 5.74) is 4.70. The van der Waals surface area contributed by atoms with Crippen molar-refractivity contribution >= 4 is 5.96 Å². The number of nitrogens with zero attached hydrogens (tertiary/aromatic N) is 2. The second-order valence-corrected chi connectivity index (χ2v) is 7.65. The summed E-state index contributed by atoms with van der Waals surface area (Å²) >= 11 is 0. The Morgan fingerprint density at radius 2 is 1.97 bits per heavy atom. The first-order valence-electron chi connectivity index (χ1n) is 10.7. The van der Waals surface area contributed by atoms with Gasteiger partial charge in [0.2, 0.25) is 0 Å². The molecule has 2 atom stereocenters. The lowest BCUT2D eigenvalue weighted by Crippen LogP contribution is -2.41. The standard InChI is InChI=1S/C23H34N4O2/c1-5-20-19(21(6-2)29-27-20)15-26-23(24-4)25-14-18-8-7-13-28-22(18)17-11-9-16(3)10-12-17/h9-12,18,22H,5-8,13-15H2,1-4H3,(H2,24,25,26). The van der Waals surface area contributed by atoms with Gasteiger partial charge >= 0.3 is 0 Å². The van der Waals surface area contributed by atoms with E-state index in [2.05, 4.69) is 65.8 Å². The van der Waals surface area contributed by atoms with E-state index in [1.165, 1.54) is 11.1 Å². The van der Waals surface area contributed by atoms with Crippen LogP contribution in [0.25, 0.3) is 0 Å². The minimum absolute atomic E-state index is 0.131. The normalized spacial score (nSPS) is 19.9. The molecule has 1 aliphatic rings. The molecule has 0 amide bonds. The Bertz CT molecular complexity index is 776. The Labute approximate surface area is 174 Å². The van der Waals surface area contributed by atoms with Crippen LogP contribution in [0.3, 0.4) is 0 Å². The number of nitrogens with one attached hydrogen (secondary N) is 2. The third kappa shape index (κ3) is 5.38. The Hall–Kier alpha value is -2.34. The van der Waals surface area contributed by atoms with Crippen LogP contribution in [0.5, 0.6) is 0 Å². The Morgan fingerprint density at radius 3 is 2.66 bits per heavy atom. The summed E-state index contributed by atoms with van der Waals surface area (Å²) in [5.74, 6) is 2.16. The fraction of sp³-hybridized carbons (Fsp3) is 0.565. The van der Waals surface area contributed by atoms with E-state index in [1.54, 1.807) is 7.05 Å². The first-order valence-corrected chi connectivity index (χ1v) is 10.7. The highest BCUT2D eigenvalue weighted by molar-refractivity contribution is 5.79. The molecular formula is C23H34N4O2. The molecule has 1 aliphatic heterocycles. The molecule has 6 heteroatoms. The number of aryl methyl sites for hydroxylation is 3. The smallest absolute Gasteiger partial charge is 0.191 e. The van der Waals surface area contributed by atoms with E-state index in [-0.39, 0.29) is 6.10 Å². The van der Waals surface area contributed by atoms with Gasteiger partial charge in [0.05, 0.1) is 11.8 Å². The van der Waals surface area contributed by atoms with Gasteiger partial charge in [-0.15, -0.1) is 0 Å². The van der Waals surface area contributed by atoms with Gasteiger partial charge in [-0.1, -0.05) is 48.8 Å². The second-order valence-electron chi connectivity index (χ2n) is 7.65. The first kappa shape index (κ1) is 21.4. The van der Waals surface area contributed by atoms with Crippen molar-refractivity contribution in [1.29, 1.82) is 0 Å². The molecule has 0 radical (unpaired) electrons. The van der Waals surface area contributed by atoms with Crippen LogP contribution < -0.4 is 10.6 Å². The van der Waals surface area contributed by atoms with E-state index in [4.69, 9.17) is 9.26 Å². The third-order valence-corrected chi connectivity index (χ3v) is 5.65. The zero-order chi connectivity index (χ0) is 20.6. The zero-order valence-electron chi connectivity index (χ0n) is 18.1. The Kier molecular flexibility index (Phi) is 7.69. The van der Waals surface area contributed by atoms with Gasteiger partial charge in [-0.3, -0.25) is 4.99 Å². The molecule has 2 unspecified atom stereocenters. The number of rotatable bonds is 7. The van der Waals surface area contributed by atoms with Crippen molar-refractivity contribution in [1.82, 2.24) is 15.8 Å². The predicted octanol–water partition coefficient (Wildman–Crippen LogP) is 3.94. The van der Waals surface area contributed by atoms with E-state index in [0.717, 1.165) is 61.8 Å². The maximum absolute atomic E-state index is 6.14. The van der Waals surface area contributed by atoms with Crippen molar-refractivity contribution in [3.8, 4) is 0 Å². The number of ether oxygens (including phenoxy) is 1. The third-order valence-electron chi connectivity index (χ3n) is 5.65. The molecule has 1 saturated heterocycles. The van der Waals surface area contributed by atoms with Gasteiger partial charge < -0.3 is 19.9 Å². The van der Waals surface area contributed by atoms with Gasteiger partial charge in [-0.25, -0.2) is 0 Å². The van der Waals surface area contributed by atoms with Crippen molar-refractivity contribution in [2.24, 2.45) is 10.9 Å². The van der Waals surface area contributed by atoms with Gasteiger partial charge in [0, 0.05) is 44.6 Å². The van der Waals surface area contributed by atoms with E-state index in [9.17, 15) is 0 Å². The van der Waals surface area contributed by atoms with Crippen LogP contribution >= 0.6 is 0 Å². The predicted molar refractivity (Wildman–Crippen MR) is 116 cm³/mol. The zero-order valence-corrected chi connectivity index (χ0v) is 18.1. The van der Waals surface area contributed by atoms with Crippen molar-refractivity contribution in [3.63, 3.8) is 0 Å². The number of hydrogen-bond acceptors (Lipinski definition) is 4. The molecule has 29 heavy (non-hydrogen) atoms. The summed E-state index contributed by atoms with van der Waals surface area (Å²) in [4.78, 5) is 4.39. The van der Waals surface area contributed by atoms with Crippen LogP contribution in [-0.4, -0.2) is 31.3 Å². The fourth-order valence-corrected chi connectivity index (χ4v) is 3.94. The van der Waals surface area contributed by atoms with Gasteiger partial charge in [0.25, 0.3) is 0 Å². The van der Waals surface area contributed by atoms with E-state index in [1.807, 2.05) is 0 Å². The number of aliphatic imine (C=N–C) groups is 1. The molecule has 6 nitrogen and oxygen atoms in total. The maximum atomic E-state index is 6.14. The van der Waals surface area contributed by atoms with Gasteiger partial charge in [-0.2, -0.15) is 0 Å². The molecule has 0 saturated carbocycles. The summed E-state index contributed by atoms with van der Waals surface area (Å²) in [6, 6.07) is 8.70. The molecule has 0 aliphatic carbocycles. The highest BCUT2D eigenvalue weighted by Crippen LogP contribution is 2.33. The van der Waals surface area contributed by atoms with Gasteiger partial charge in [-0.05, 0) is 31.7 Å². The number of guanidine groups is 1. The maximum Gasteiger partial charge on any atom is 0.191 e. The lowest BCUT2D eigenvalue weighted by Gasteiger charge is -2.32. The average molecular weight is 399 g/mol. The Balaban J connectivity index is 1.59. The van der Waals surface area contributed by atoms with E-state index in [0.29, 0.717) is 12.5 Å². The fourth-order valence-electron chi connectivity index (χ4n) is 3.94. The molecular weight excluding hydrogens is 364 g/mol. The quantitative estimate of drug-likeness (QED) is 0.546. The monoisotopic (exact) mass is 398 g/mol. The van der Waals surface area contributed by atoms with Crippen LogP contribution in [0.4, 0.5) is 0 Å². The van der Waals surface area contributed by atoms with Crippen molar-refractivity contribution < 1.29 is 9.26 Å². The summed E-state index contributed by atoms with van der Waals surface area (Å²) in [5, 5.41) is 11.1. The second kappa shape index (κ2) is 10.4. The average Bonchev–Trinajstić information content (AvgIpc) is 3.16. The largest absolute Gasteiger partial charge is 0.373 e. The molecule has 1 aromatic carbocycles. The summed E-state index contributed by atoms with van der Waals surface area (Å²) in [6.07, 6.45) is 4.08. The molecule has 0 bridgehead atoms. The Morgan fingerprint density at radius 1 is 1.17 bits per heavy atom. The van der Waals surface area contributed by atoms with Gasteiger partial charge in [0.15, 0.2) is 5.96 Å². The van der Waals surface area contributed by atoms with Crippen molar-refractivity contribution in [2.75, 3.05) is 20.2 Å². The molecule has 2 aromatic rings. The van der Waals surface area contributed by atoms with Crippen LogP contribution in [0.15, 0.2) is 33.8 Å². The van der Waals surface area contributed by atoms with E-state index >= 15 is 0 Å².